The van der Waals surface area contributed by atoms with E-state index in [0.29, 0.717) is 23.6 Å². The first-order valence-electron chi connectivity index (χ1n) is 6.39. The number of amides is 1. The Bertz CT molecular complexity index is 447. The maximum atomic E-state index is 13.4. The molecule has 0 saturated heterocycles. The molecule has 1 fully saturated rings. The number of rotatable bonds is 3. The van der Waals surface area contributed by atoms with E-state index in [4.69, 9.17) is 5.73 Å². The van der Waals surface area contributed by atoms with E-state index in [-0.39, 0.29) is 17.8 Å². The van der Waals surface area contributed by atoms with Crippen LogP contribution in [0.3, 0.4) is 0 Å². The molecule has 0 heterocycles. The van der Waals surface area contributed by atoms with Crippen LogP contribution in [0.25, 0.3) is 0 Å². The number of aryl methyl sites for hydroxylation is 1. The van der Waals surface area contributed by atoms with E-state index in [1.807, 2.05) is 0 Å². The third-order valence-electron chi connectivity index (χ3n) is 3.71. The van der Waals surface area contributed by atoms with Gasteiger partial charge in [-0.2, -0.15) is 0 Å². The summed E-state index contributed by atoms with van der Waals surface area (Å²) in [5, 5.41) is 2.96. The first kappa shape index (κ1) is 13.0. The minimum atomic E-state index is -0.343. The zero-order valence-corrected chi connectivity index (χ0v) is 10.6. The number of nitrogens with two attached hydrogens (primary N) is 1. The van der Waals surface area contributed by atoms with Crippen LogP contribution in [-0.2, 0) is 0 Å². The zero-order valence-electron chi connectivity index (χ0n) is 10.6. The molecule has 3 nitrogen and oxygen atoms in total. The van der Waals surface area contributed by atoms with Gasteiger partial charge in [-0.05, 0) is 49.9 Å². The van der Waals surface area contributed by atoms with Crippen LogP contribution in [0.1, 0.15) is 35.2 Å². The fraction of sp³-hybridized carbons (Fsp3) is 0.500. The van der Waals surface area contributed by atoms with Gasteiger partial charge in [-0.1, -0.05) is 12.5 Å². The summed E-state index contributed by atoms with van der Waals surface area (Å²) in [6, 6.07) is 4.70. The molecule has 4 heteroatoms. The molecule has 1 saturated carbocycles. The van der Waals surface area contributed by atoms with Crippen molar-refractivity contribution in [1.29, 1.82) is 0 Å². The Labute approximate surface area is 107 Å². The van der Waals surface area contributed by atoms with Crippen molar-refractivity contribution in [3.05, 3.63) is 35.1 Å². The van der Waals surface area contributed by atoms with Crippen LogP contribution in [0.4, 0.5) is 4.39 Å². The molecule has 3 N–H and O–H groups in total. The lowest BCUT2D eigenvalue weighted by atomic mass is 10.0. The molecule has 0 bridgehead atoms. The molecule has 0 radical (unpaired) electrons. The second-order valence-corrected chi connectivity index (χ2v) is 4.97. The van der Waals surface area contributed by atoms with Gasteiger partial charge in [-0.15, -0.1) is 0 Å². The van der Waals surface area contributed by atoms with Crippen molar-refractivity contribution < 1.29 is 9.18 Å². The van der Waals surface area contributed by atoms with Crippen LogP contribution >= 0.6 is 0 Å². The molecule has 98 valence electrons. The maximum Gasteiger partial charge on any atom is 0.251 e. The number of carbonyl (C=O) groups excluding carboxylic acids is 1. The number of halogens is 1. The average Bonchev–Trinajstić information content (AvgIpc) is 2.79. The SMILES string of the molecule is Cc1ccc(C(=O)NC2CCCC2CN)cc1F. The van der Waals surface area contributed by atoms with Gasteiger partial charge in [0.15, 0.2) is 0 Å². The highest BCUT2D eigenvalue weighted by molar-refractivity contribution is 5.94. The summed E-state index contributed by atoms with van der Waals surface area (Å²) in [5.41, 5.74) is 6.60. The fourth-order valence-corrected chi connectivity index (χ4v) is 2.49. The molecule has 0 spiro atoms. The summed E-state index contributed by atoms with van der Waals surface area (Å²) in [5.74, 6) is -0.201. The Morgan fingerprint density at radius 1 is 1.50 bits per heavy atom. The zero-order chi connectivity index (χ0) is 13.1. The van der Waals surface area contributed by atoms with E-state index < -0.39 is 0 Å². The molecule has 2 atom stereocenters. The highest BCUT2D eigenvalue weighted by Crippen LogP contribution is 2.24. The number of carbonyl (C=O) groups is 1. The van der Waals surface area contributed by atoms with Gasteiger partial charge >= 0.3 is 0 Å². The predicted molar refractivity (Wildman–Crippen MR) is 68.8 cm³/mol. The van der Waals surface area contributed by atoms with Crippen molar-refractivity contribution in [2.75, 3.05) is 6.54 Å². The van der Waals surface area contributed by atoms with Gasteiger partial charge in [0.05, 0.1) is 0 Å². The van der Waals surface area contributed by atoms with E-state index in [1.165, 1.54) is 6.07 Å². The van der Waals surface area contributed by atoms with E-state index in [1.54, 1.807) is 19.1 Å². The third-order valence-corrected chi connectivity index (χ3v) is 3.71. The quantitative estimate of drug-likeness (QED) is 0.862. The molecule has 1 aliphatic carbocycles. The monoisotopic (exact) mass is 250 g/mol. The fourth-order valence-electron chi connectivity index (χ4n) is 2.49. The molecule has 18 heavy (non-hydrogen) atoms. The van der Waals surface area contributed by atoms with Crippen LogP contribution < -0.4 is 11.1 Å². The van der Waals surface area contributed by atoms with E-state index >= 15 is 0 Å². The second kappa shape index (κ2) is 5.48. The van der Waals surface area contributed by atoms with E-state index in [0.717, 1.165) is 19.3 Å². The minimum absolute atomic E-state index is 0.131. The topological polar surface area (TPSA) is 55.1 Å². The summed E-state index contributed by atoms with van der Waals surface area (Å²) in [6.07, 6.45) is 3.11. The number of hydrogen-bond acceptors (Lipinski definition) is 2. The molecule has 2 rings (SSSR count). The van der Waals surface area contributed by atoms with Gasteiger partial charge < -0.3 is 11.1 Å². The first-order chi connectivity index (χ1) is 8.61. The molecule has 1 aromatic carbocycles. The van der Waals surface area contributed by atoms with Gasteiger partial charge in [-0.3, -0.25) is 4.79 Å². The lowest BCUT2D eigenvalue weighted by Gasteiger charge is -2.19. The van der Waals surface area contributed by atoms with Gasteiger partial charge in [0.2, 0.25) is 0 Å². The van der Waals surface area contributed by atoms with Gasteiger partial charge in [-0.25, -0.2) is 4.39 Å². The Morgan fingerprint density at radius 2 is 2.28 bits per heavy atom. The van der Waals surface area contributed by atoms with Crippen molar-refractivity contribution in [3.63, 3.8) is 0 Å². The molecule has 0 aliphatic heterocycles. The smallest absolute Gasteiger partial charge is 0.251 e. The van der Waals surface area contributed by atoms with Crippen LogP contribution in [0, 0.1) is 18.7 Å². The van der Waals surface area contributed by atoms with Crippen molar-refractivity contribution in [1.82, 2.24) is 5.32 Å². The number of benzene rings is 1. The molecule has 2 unspecified atom stereocenters. The number of hydrogen-bond donors (Lipinski definition) is 2. The molecule has 1 aliphatic rings. The van der Waals surface area contributed by atoms with Crippen LogP contribution in [0.15, 0.2) is 18.2 Å². The Balaban J connectivity index is 2.05. The second-order valence-electron chi connectivity index (χ2n) is 4.97. The Kier molecular flexibility index (Phi) is 3.97. The summed E-state index contributed by atoms with van der Waals surface area (Å²) in [6.45, 7) is 2.27. The summed E-state index contributed by atoms with van der Waals surface area (Å²) in [4.78, 5) is 12.0. The van der Waals surface area contributed by atoms with Crippen molar-refractivity contribution in [2.45, 2.75) is 32.2 Å². The predicted octanol–water partition coefficient (Wildman–Crippen LogP) is 1.99. The lowest BCUT2D eigenvalue weighted by Crippen LogP contribution is -2.39. The average molecular weight is 250 g/mol. The normalized spacial score (nSPS) is 23.1. The van der Waals surface area contributed by atoms with Crippen molar-refractivity contribution in [2.24, 2.45) is 11.7 Å². The van der Waals surface area contributed by atoms with E-state index in [9.17, 15) is 9.18 Å². The first-order valence-corrected chi connectivity index (χ1v) is 6.39. The van der Waals surface area contributed by atoms with E-state index in [2.05, 4.69) is 5.32 Å². The van der Waals surface area contributed by atoms with Gasteiger partial charge in [0.25, 0.3) is 5.91 Å². The number of nitrogens with one attached hydrogen (secondary N) is 1. The maximum absolute atomic E-state index is 13.4. The standard InChI is InChI=1S/C14H19FN2O/c1-9-5-6-10(7-12(9)15)14(18)17-13-4-2-3-11(13)8-16/h5-7,11,13H,2-4,8,16H2,1H3,(H,17,18). The van der Waals surface area contributed by atoms with Crippen LogP contribution in [0.2, 0.25) is 0 Å². The van der Waals surface area contributed by atoms with Gasteiger partial charge in [0, 0.05) is 11.6 Å². The molecule has 0 aromatic heterocycles. The highest BCUT2D eigenvalue weighted by Gasteiger charge is 2.27. The molecular formula is C14H19FN2O. The minimum Gasteiger partial charge on any atom is -0.349 e. The molecule has 1 aromatic rings. The third kappa shape index (κ3) is 2.70. The van der Waals surface area contributed by atoms with Crippen LogP contribution in [-0.4, -0.2) is 18.5 Å². The Hall–Kier alpha value is -1.42. The Morgan fingerprint density at radius 3 is 2.94 bits per heavy atom. The summed E-state index contributed by atoms with van der Waals surface area (Å²) in [7, 11) is 0. The lowest BCUT2D eigenvalue weighted by molar-refractivity contribution is 0.0928. The summed E-state index contributed by atoms with van der Waals surface area (Å²) >= 11 is 0. The molecule has 1 amide bonds. The molecular weight excluding hydrogens is 231 g/mol. The van der Waals surface area contributed by atoms with Gasteiger partial charge in [0.1, 0.15) is 5.82 Å². The summed E-state index contributed by atoms with van der Waals surface area (Å²) < 4.78 is 13.4. The largest absolute Gasteiger partial charge is 0.349 e. The van der Waals surface area contributed by atoms with Crippen molar-refractivity contribution >= 4 is 5.91 Å². The van der Waals surface area contributed by atoms with Crippen molar-refractivity contribution in [3.8, 4) is 0 Å². The van der Waals surface area contributed by atoms with Crippen LogP contribution in [0.5, 0.6) is 0 Å². The highest BCUT2D eigenvalue weighted by atomic mass is 19.1.